The van der Waals surface area contributed by atoms with E-state index in [2.05, 4.69) is 25.2 Å². The van der Waals surface area contributed by atoms with Crippen LogP contribution in [0.2, 0.25) is 5.15 Å². The minimum absolute atomic E-state index is 0.381. The Kier molecular flexibility index (Phi) is 2.46. The van der Waals surface area contributed by atoms with Gasteiger partial charge in [-0.2, -0.15) is 5.10 Å². The van der Waals surface area contributed by atoms with E-state index >= 15 is 0 Å². The number of hydrogen-bond acceptors (Lipinski definition) is 3. The predicted molar refractivity (Wildman–Crippen MR) is 61.1 cm³/mol. The summed E-state index contributed by atoms with van der Waals surface area (Å²) in [5.41, 5.74) is 9.21. The summed E-state index contributed by atoms with van der Waals surface area (Å²) in [6, 6.07) is 1.70. The van der Waals surface area contributed by atoms with E-state index in [9.17, 15) is 0 Å². The molecule has 0 aliphatic heterocycles. The van der Waals surface area contributed by atoms with Crippen LogP contribution >= 0.6 is 11.6 Å². The third-order valence-corrected chi connectivity index (χ3v) is 2.49. The molecule has 2 aromatic rings. The molecule has 0 radical (unpaired) electrons. The lowest BCUT2D eigenvalue weighted by Crippen LogP contribution is -2.13. The molecule has 0 fully saturated rings. The Balaban J connectivity index is 2.70. The number of nitrogens with zero attached hydrogens (tertiary/aromatic N) is 5. The summed E-state index contributed by atoms with van der Waals surface area (Å²) < 4.78 is 0. The number of fused-ring (bicyclic) bond motifs is 1. The number of pyridine rings is 1. The van der Waals surface area contributed by atoms with E-state index in [1.807, 2.05) is 0 Å². The molecule has 0 spiro atoms. The van der Waals surface area contributed by atoms with Crippen LogP contribution in [0, 0.1) is 0 Å². The summed E-state index contributed by atoms with van der Waals surface area (Å²) in [7, 11) is 0. The zero-order chi connectivity index (χ0) is 11.8. The summed E-state index contributed by atoms with van der Waals surface area (Å²) in [6.45, 7) is 3.58. The van der Waals surface area contributed by atoms with Crippen molar-refractivity contribution < 1.29 is 0 Å². The fourth-order valence-electron chi connectivity index (χ4n) is 1.52. The number of hydrogen-bond donors (Lipinski definition) is 1. The smallest absolute Gasteiger partial charge is 0.129 e. The monoisotopic (exact) mass is 236 g/mol. The van der Waals surface area contributed by atoms with Crippen molar-refractivity contribution in [2.75, 3.05) is 0 Å². The van der Waals surface area contributed by atoms with Gasteiger partial charge >= 0.3 is 0 Å². The van der Waals surface area contributed by atoms with Crippen molar-refractivity contribution in [2.45, 2.75) is 19.4 Å². The number of rotatable bonds is 2. The molecular formula is C9H9ClN6. The zero-order valence-electron chi connectivity index (χ0n) is 8.77. The van der Waals surface area contributed by atoms with Crippen LogP contribution in [-0.4, -0.2) is 15.2 Å². The highest BCUT2D eigenvalue weighted by Gasteiger charge is 2.24. The van der Waals surface area contributed by atoms with Gasteiger partial charge < -0.3 is 0 Å². The van der Waals surface area contributed by atoms with Crippen molar-refractivity contribution in [3.8, 4) is 0 Å². The van der Waals surface area contributed by atoms with Crippen molar-refractivity contribution in [3.63, 3.8) is 0 Å². The van der Waals surface area contributed by atoms with Crippen LogP contribution in [0.25, 0.3) is 21.3 Å². The summed E-state index contributed by atoms with van der Waals surface area (Å²) in [5, 5.41) is 11.9. The largest absolute Gasteiger partial charge is 0.276 e. The third kappa shape index (κ3) is 1.68. The molecule has 82 valence electrons. The number of aromatic amines is 1. The summed E-state index contributed by atoms with van der Waals surface area (Å²) in [4.78, 5) is 6.75. The molecule has 2 aromatic heterocycles. The van der Waals surface area contributed by atoms with Crippen molar-refractivity contribution in [2.24, 2.45) is 5.11 Å². The highest BCUT2D eigenvalue weighted by Crippen LogP contribution is 2.30. The molecule has 0 aromatic carbocycles. The number of halogens is 1. The normalized spacial score (nSPS) is 11.4. The number of azide groups is 1. The second-order valence-corrected chi connectivity index (χ2v) is 4.26. The lowest BCUT2D eigenvalue weighted by molar-refractivity contribution is 0.534. The molecule has 16 heavy (non-hydrogen) atoms. The number of H-pyrrole nitrogens is 1. The molecule has 0 aliphatic rings. The Bertz CT molecular complexity index is 581. The maximum Gasteiger partial charge on any atom is 0.129 e. The topological polar surface area (TPSA) is 90.3 Å². The number of nitrogens with one attached hydrogen (secondary N) is 1. The highest BCUT2D eigenvalue weighted by atomic mass is 35.5. The predicted octanol–water partition coefficient (Wildman–Crippen LogP) is 3.16. The highest BCUT2D eigenvalue weighted by molar-refractivity contribution is 6.30. The second kappa shape index (κ2) is 3.66. The minimum Gasteiger partial charge on any atom is -0.276 e. The molecule has 1 N–H and O–H groups in total. The third-order valence-electron chi connectivity index (χ3n) is 2.29. The van der Waals surface area contributed by atoms with Gasteiger partial charge in [-0.3, -0.25) is 5.10 Å². The van der Waals surface area contributed by atoms with E-state index in [0.717, 1.165) is 10.9 Å². The Morgan fingerprint density at radius 2 is 2.31 bits per heavy atom. The fourth-order valence-corrected chi connectivity index (χ4v) is 1.67. The van der Waals surface area contributed by atoms with Gasteiger partial charge in [0.1, 0.15) is 5.15 Å². The first kappa shape index (κ1) is 10.7. The second-order valence-electron chi connectivity index (χ2n) is 3.87. The Labute approximate surface area is 96.3 Å². The van der Waals surface area contributed by atoms with Gasteiger partial charge in [-0.15, -0.1) is 0 Å². The average Bonchev–Trinajstić information content (AvgIpc) is 2.60. The van der Waals surface area contributed by atoms with Crippen LogP contribution in [0.3, 0.4) is 0 Å². The van der Waals surface area contributed by atoms with Gasteiger partial charge in [-0.05, 0) is 25.4 Å². The Morgan fingerprint density at radius 3 is 3.00 bits per heavy atom. The number of aromatic nitrogens is 3. The van der Waals surface area contributed by atoms with Gasteiger partial charge in [-0.1, -0.05) is 16.7 Å². The van der Waals surface area contributed by atoms with Crippen LogP contribution < -0.4 is 0 Å². The molecule has 0 saturated heterocycles. The maximum atomic E-state index is 8.51. The molecule has 0 aliphatic carbocycles. The molecule has 0 unspecified atom stereocenters. The van der Waals surface area contributed by atoms with Crippen LogP contribution in [0.15, 0.2) is 17.4 Å². The first-order chi connectivity index (χ1) is 7.54. The fraction of sp³-hybridized carbons (Fsp3) is 0.333. The molecule has 0 atom stereocenters. The molecule has 2 heterocycles. The first-order valence-corrected chi connectivity index (χ1v) is 4.99. The molecule has 0 bridgehead atoms. The zero-order valence-corrected chi connectivity index (χ0v) is 9.52. The van der Waals surface area contributed by atoms with Crippen LogP contribution in [0.5, 0.6) is 0 Å². The molecule has 7 heteroatoms. The lowest BCUT2D eigenvalue weighted by Gasteiger charge is -2.14. The van der Waals surface area contributed by atoms with E-state index in [1.54, 1.807) is 26.1 Å². The Hall–Kier alpha value is -1.78. The van der Waals surface area contributed by atoms with Crippen LogP contribution in [0.1, 0.15) is 19.5 Å². The molecule has 0 amide bonds. The minimum atomic E-state index is -0.725. The molecular weight excluding hydrogens is 228 g/mol. The van der Waals surface area contributed by atoms with E-state index in [-0.39, 0.29) is 0 Å². The first-order valence-electron chi connectivity index (χ1n) is 4.61. The average molecular weight is 237 g/mol. The quantitative estimate of drug-likeness (QED) is 0.376. The van der Waals surface area contributed by atoms with Crippen molar-refractivity contribution in [1.82, 2.24) is 15.2 Å². The SMILES string of the molecule is CC(C)(N=[N+]=[N-])c1n[nH]c2cnc(Cl)cc12. The standard InChI is InChI=1S/C9H9ClN6/c1-9(2,15-16-11)8-5-3-7(10)12-4-6(5)13-14-8/h3-4H,1-2H3,(H,13,14). The van der Waals surface area contributed by atoms with E-state index < -0.39 is 5.54 Å². The van der Waals surface area contributed by atoms with Gasteiger partial charge in [0.2, 0.25) is 0 Å². The lowest BCUT2D eigenvalue weighted by atomic mass is 9.99. The Morgan fingerprint density at radius 1 is 1.56 bits per heavy atom. The summed E-state index contributed by atoms with van der Waals surface area (Å²) >= 11 is 5.82. The van der Waals surface area contributed by atoms with Gasteiger partial charge in [0.15, 0.2) is 0 Å². The summed E-state index contributed by atoms with van der Waals surface area (Å²) in [6.07, 6.45) is 1.60. The van der Waals surface area contributed by atoms with Crippen LogP contribution in [-0.2, 0) is 5.54 Å². The van der Waals surface area contributed by atoms with Gasteiger partial charge in [-0.25, -0.2) is 4.98 Å². The van der Waals surface area contributed by atoms with E-state index in [4.69, 9.17) is 17.1 Å². The molecule has 2 rings (SSSR count). The maximum absolute atomic E-state index is 8.51. The van der Waals surface area contributed by atoms with Crippen molar-refractivity contribution in [3.05, 3.63) is 33.6 Å². The van der Waals surface area contributed by atoms with Crippen molar-refractivity contribution in [1.29, 1.82) is 0 Å². The van der Waals surface area contributed by atoms with Gasteiger partial charge in [0.05, 0.1) is 22.9 Å². The van der Waals surface area contributed by atoms with Crippen LogP contribution in [0.4, 0.5) is 0 Å². The van der Waals surface area contributed by atoms with Gasteiger partial charge in [0.25, 0.3) is 0 Å². The van der Waals surface area contributed by atoms with E-state index in [0.29, 0.717) is 10.8 Å². The molecule has 6 nitrogen and oxygen atoms in total. The van der Waals surface area contributed by atoms with E-state index in [1.165, 1.54) is 0 Å². The van der Waals surface area contributed by atoms with Crippen molar-refractivity contribution >= 4 is 22.5 Å². The summed E-state index contributed by atoms with van der Waals surface area (Å²) in [5.74, 6) is 0. The molecule has 0 saturated carbocycles. The van der Waals surface area contributed by atoms with Gasteiger partial charge in [0, 0.05) is 10.3 Å².